The second-order valence-electron chi connectivity index (χ2n) is 4.21. The van der Waals surface area contributed by atoms with E-state index in [2.05, 4.69) is 22.9 Å². The molecule has 1 aliphatic rings. The Hall–Kier alpha value is -1.55. The molecule has 1 fully saturated rings. The molecular formula is C12H17N3O. The van der Waals surface area contributed by atoms with E-state index in [-0.39, 0.29) is 5.91 Å². The maximum Gasteiger partial charge on any atom is 0.221 e. The minimum atomic E-state index is -0.0416. The van der Waals surface area contributed by atoms with Gasteiger partial charge in [-0.2, -0.15) is 0 Å². The Morgan fingerprint density at radius 2 is 2.19 bits per heavy atom. The summed E-state index contributed by atoms with van der Waals surface area (Å²) in [6.07, 6.45) is 0. The molecule has 2 rings (SSSR count). The summed E-state index contributed by atoms with van der Waals surface area (Å²) in [7, 11) is 0. The van der Waals surface area contributed by atoms with Gasteiger partial charge in [0.2, 0.25) is 5.91 Å². The summed E-state index contributed by atoms with van der Waals surface area (Å²) in [6.45, 7) is 5.59. The molecule has 0 bridgehead atoms. The molecule has 1 amide bonds. The van der Waals surface area contributed by atoms with Crippen molar-refractivity contribution in [3.8, 4) is 0 Å². The summed E-state index contributed by atoms with van der Waals surface area (Å²) in [4.78, 5) is 11.0. The Bertz CT molecular complexity index is 399. The highest BCUT2D eigenvalue weighted by Crippen LogP contribution is 2.21. The quantitative estimate of drug-likeness (QED) is 0.719. The zero-order valence-electron chi connectivity index (χ0n) is 9.63. The number of anilines is 2. The summed E-state index contributed by atoms with van der Waals surface area (Å²) in [5, 5.41) is 9.45. The van der Waals surface area contributed by atoms with Crippen molar-refractivity contribution in [2.24, 2.45) is 0 Å². The van der Waals surface area contributed by atoms with Gasteiger partial charge >= 0.3 is 0 Å². The number of nitrogens with one attached hydrogen (secondary N) is 3. The first kappa shape index (κ1) is 11.0. The highest BCUT2D eigenvalue weighted by atomic mass is 16.1. The maximum absolute atomic E-state index is 11.0. The number of aryl methyl sites for hydroxylation is 1. The standard InChI is InChI=1S/C12H17N3O/c1-8-3-4-10(14-9(2)16)5-12(8)15-11-6-13-7-11/h3-5,11,13,15H,6-7H2,1-2H3,(H,14,16). The summed E-state index contributed by atoms with van der Waals surface area (Å²) in [5.74, 6) is -0.0416. The van der Waals surface area contributed by atoms with E-state index in [1.165, 1.54) is 12.5 Å². The maximum atomic E-state index is 11.0. The number of carbonyl (C=O) groups is 1. The Balaban J connectivity index is 2.11. The molecule has 0 spiro atoms. The van der Waals surface area contributed by atoms with Crippen molar-refractivity contribution in [2.45, 2.75) is 19.9 Å². The third-order valence-electron chi connectivity index (χ3n) is 2.70. The second kappa shape index (κ2) is 4.53. The molecule has 16 heavy (non-hydrogen) atoms. The Labute approximate surface area is 95.4 Å². The fourth-order valence-corrected chi connectivity index (χ4v) is 1.67. The van der Waals surface area contributed by atoms with Gasteiger partial charge in [0.15, 0.2) is 0 Å². The third-order valence-corrected chi connectivity index (χ3v) is 2.70. The number of benzene rings is 1. The number of carbonyl (C=O) groups excluding carboxylic acids is 1. The zero-order chi connectivity index (χ0) is 11.5. The first-order valence-corrected chi connectivity index (χ1v) is 5.50. The molecule has 0 radical (unpaired) electrons. The van der Waals surface area contributed by atoms with E-state index in [9.17, 15) is 4.79 Å². The third kappa shape index (κ3) is 2.52. The lowest BCUT2D eigenvalue weighted by Gasteiger charge is -2.29. The summed E-state index contributed by atoms with van der Waals surface area (Å²) in [6, 6.07) is 6.42. The highest BCUT2D eigenvalue weighted by Gasteiger charge is 2.16. The molecule has 1 aromatic rings. The first-order chi connectivity index (χ1) is 7.65. The molecule has 4 nitrogen and oxygen atoms in total. The van der Waals surface area contributed by atoms with Crippen LogP contribution in [0.25, 0.3) is 0 Å². The largest absolute Gasteiger partial charge is 0.379 e. The molecule has 0 atom stereocenters. The Morgan fingerprint density at radius 1 is 1.44 bits per heavy atom. The fraction of sp³-hybridized carbons (Fsp3) is 0.417. The monoisotopic (exact) mass is 219 g/mol. The SMILES string of the molecule is CC(=O)Nc1ccc(C)c(NC2CNC2)c1. The van der Waals surface area contributed by atoms with Crippen LogP contribution in [0.4, 0.5) is 11.4 Å². The molecular weight excluding hydrogens is 202 g/mol. The molecule has 0 aliphatic carbocycles. The van der Waals surface area contributed by atoms with E-state index in [0.29, 0.717) is 6.04 Å². The van der Waals surface area contributed by atoms with Crippen LogP contribution in [0.1, 0.15) is 12.5 Å². The molecule has 3 N–H and O–H groups in total. The molecule has 1 heterocycles. The predicted molar refractivity (Wildman–Crippen MR) is 65.8 cm³/mol. The number of hydrogen-bond donors (Lipinski definition) is 3. The van der Waals surface area contributed by atoms with Gasteiger partial charge in [0.25, 0.3) is 0 Å². The Morgan fingerprint density at radius 3 is 2.75 bits per heavy atom. The van der Waals surface area contributed by atoms with E-state index < -0.39 is 0 Å². The average Bonchev–Trinajstić information content (AvgIpc) is 2.15. The van der Waals surface area contributed by atoms with Crippen LogP contribution in [0.5, 0.6) is 0 Å². The van der Waals surface area contributed by atoms with E-state index in [4.69, 9.17) is 0 Å². The van der Waals surface area contributed by atoms with Gasteiger partial charge in [-0.15, -0.1) is 0 Å². The van der Waals surface area contributed by atoms with Crippen molar-refractivity contribution in [2.75, 3.05) is 23.7 Å². The predicted octanol–water partition coefficient (Wildman–Crippen LogP) is 1.34. The van der Waals surface area contributed by atoms with Gasteiger partial charge in [-0.05, 0) is 24.6 Å². The smallest absolute Gasteiger partial charge is 0.221 e. The van der Waals surface area contributed by atoms with Crippen molar-refractivity contribution in [3.05, 3.63) is 23.8 Å². The highest BCUT2D eigenvalue weighted by molar-refractivity contribution is 5.89. The lowest BCUT2D eigenvalue weighted by molar-refractivity contribution is -0.114. The minimum Gasteiger partial charge on any atom is -0.379 e. The van der Waals surface area contributed by atoms with E-state index in [1.807, 2.05) is 18.2 Å². The summed E-state index contributed by atoms with van der Waals surface area (Å²) in [5.41, 5.74) is 3.13. The molecule has 86 valence electrons. The molecule has 1 saturated heterocycles. The summed E-state index contributed by atoms with van der Waals surface area (Å²) < 4.78 is 0. The van der Waals surface area contributed by atoms with E-state index in [0.717, 1.165) is 24.5 Å². The average molecular weight is 219 g/mol. The number of hydrogen-bond acceptors (Lipinski definition) is 3. The van der Waals surface area contributed by atoms with Gasteiger partial charge in [-0.3, -0.25) is 4.79 Å². The molecule has 1 aromatic carbocycles. The second-order valence-corrected chi connectivity index (χ2v) is 4.21. The lowest BCUT2D eigenvalue weighted by Crippen LogP contribution is -2.51. The van der Waals surface area contributed by atoms with Crippen molar-refractivity contribution in [1.82, 2.24) is 5.32 Å². The minimum absolute atomic E-state index is 0.0416. The van der Waals surface area contributed by atoms with Crippen LogP contribution in [0.2, 0.25) is 0 Å². The van der Waals surface area contributed by atoms with Gasteiger partial charge in [0.05, 0.1) is 6.04 Å². The Kier molecular flexibility index (Phi) is 3.10. The lowest BCUT2D eigenvalue weighted by atomic mass is 10.1. The van der Waals surface area contributed by atoms with Crippen molar-refractivity contribution in [1.29, 1.82) is 0 Å². The van der Waals surface area contributed by atoms with Crippen LogP contribution in [0.3, 0.4) is 0 Å². The van der Waals surface area contributed by atoms with E-state index in [1.54, 1.807) is 0 Å². The molecule has 1 aliphatic heterocycles. The van der Waals surface area contributed by atoms with Crippen molar-refractivity contribution < 1.29 is 4.79 Å². The van der Waals surface area contributed by atoms with Gasteiger partial charge in [-0.25, -0.2) is 0 Å². The number of rotatable bonds is 3. The van der Waals surface area contributed by atoms with Gasteiger partial charge < -0.3 is 16.0 Å². The molecule has 0 saturated carbocycles. The van der Waals surface area contributed by atoms with Crippen LogP contribution < -0.4 is 16.0 Å². The molecule has 0 unspecified atom stereocenters. The van der Waals surface area contributed by atoms with Crippen LogP contribution >= 0.6 is 0 Å². The topological polar surface area (TPSA) is 53.2 Å². The van der Waals surface area contributed by atoms with Gasteiger partial charge in [0, 0.05) is 31.4 Å². The zero-order valence-corrected chi connectivity index (χ0v) is 9.63. The van der Waals surface area contributed by atoms with Crippen LogP contribution in [-0.4, -0.2) is 25.0 Å². The van der Waals surface area contributed by atoms with Crippen molar-refractivity contribution >= 4 is 17.3 Å². The van der Waals surface area contributed by atoms with Gasteiger partial charge in [0.1, 0.15) is 0 Å². The fourth-order valence-electron chi connectivity index (χ4n) is 1.67. The van der Waals surface area contributed by atoms with Crippen LogP contribution in [0.15, 0.2) is 18.2 Å². The normalized spacial score (nSPS) is 15.4. The number of amides is 1. The first-order valence-electron chi connectivity index (χ1n) is 5.50. The van der Waals surface area contributed by atoms with Crippen LogP contribution in [0, 0.1) is 6.92 Å². The van der Waals surface area contributed by atoms with Crippen molar-refractivity contribution in [3.63, 3.8) is 0 Å². The van der Waals surface area contributed by atoms with Gasteiger partial charge in [-0.1, -0.05) is 6.07 Å². The summed E-state index contributed by atoms with van der Waals surface area (Å²) >= 11 is 0. The van der Waals surface area contributed by atoms with Crippen LogP contribution in [-0.2, 0) is 4.79 Å². The molecule has 4 heteroatoms. The van der Waals surface area contributed by atoms with E-state index >= 15 is 0 Å². The molecule has 0 aromatic heterocycles.